The number of esters is 1. The molecule has 1 unspecified atom stereocenters. The Kier molecular flexibility index (Phi) is 5.31. The summed E-state index contributed by atoms with van der Waals surface area (Å²) in [6, 6.07) is -0.169. The number of ether oxygens (including phenoxy) is 1. The van der Waals surface area contributed by atoms with E-state index in [0.29, 0.717) is 6.61 Å². The van der Waals surface area contributed by atoms with Gasteiger partial charge in [-0.1, -0.05) is 6.92 Å². The lowest BCUT2D eigenvalue weighted by atomic mass is 10.2. The van der Waals surface area contributed by atoms with E-state index in [0.717, 1.165) is 43.6 Å². The molecular weight excluding hydrogens is 276 g/mol. The molecule has 0 aromatic carbocycles. The van der Waals surface area contributed by atoms with E-state index in [1.165, 1.54) is 11.5 Å². The van der Waals surface area contributed by atoms with Gasteiger partial charge in [-0.2, -0.15) is 4.37 Å². The Morgan fingerprint density at radius 2 is 2.05 bits per heavy atom. The Hall–Kier alpha value is -1.21. The van der Waals surface area contributed by atoms with E-state index < -0.39 is 0 Å². The van der Waals surface area contributed by atoms with Crippen LogP contribution in [0.3, 0.4) is 0 Å². The molecule has 6 nitrogen and oxygen atoms in total. The second-order valence-electron chi connectivity index (χ2n) is 4.80. The first-order valence-electron chi connectivity index (χ1n) is 7.13. The molecule has 1 saturated heterocycles. The summed E-state index contributed by atoms with van der Waals surface area (Å²) in [7, 11) is 0. The standard InChI is InChI=1S/C13H22N4O2S/c1-4-11-14-13(20-15-11)17-8-6-16(7-9-17)10(3)12(18)19-5-2/h10H,4-9H2,1-3H3. The van der Waals surface area contributed by atoms with E-state index in [2.05, 4.69) is 26.1 Å². The van der Waals surface area contributed by atoms with Crippen LogP contribution in [0.5, 0.6) is 0 Å². The number of piperazine rings is 1. The van der Waals surface area contributed by atoms with E-state index in [1.807, 2.05) is 13.8 Å². The van der Waals surface area contributed by atoms with Crippen LogP contribution < -0.4 is 4.90 Å². The average Bonchev–Trinajstić information content (AvgIpc) is 2.96. The number of nitrogens with zero attached hydrogens (tertiary/aromatic N) is 4. The number of carbonyl (C=O) groups is 1. The number of anilines is 1. The van der Waals surface area contributed by atoms with Gasteiger partial charge in [0.05, 0.1) is 6.61 Å². The van der Waals surface area contributed by atoms with Crippen LogP contribution in [0.15, 0.2) is 0 Å². The largest absolute Gasteiger partial charge is 0.465 e. The molecule has 112 valence electrons. The predicted octanol–water partition coefficient (Wildman–Crippen LogP) is 1.17. The molecule has 1 aliphatic rings. The van der Waals surface area contributed by atoms with Gasteiger partial charge in [0.1, 0.15) is 11.9 Å². The summed E-state index contributed by atoms with van der Waals surface area (Å²) in [6.45, 7) is 9.70. The number of aryl methyl sites for hydroxylation is 1. The van der Waals surface area contributed by atoms with Gasteiger partial charge in [0, 0.05) is 44.1 Å². The Morgan fingerprint density at radius 3 is 2.60 bits per heavy atom. The molecule has 7 heteroatoms. The number of aromatic nitrogens is 2. The lowest BCUT2D eigenvalue weighted by molar-refractivity contribution is -0.149. The number of rotatable bonds is 5. The zero-order chi connectivity index (χ0) is 14.5. The highest BCUT2D eigenvalue weighted by Crippen LogP contribution is 2.20. The Balaban J connectivity index is 1.87. The van der Waals surface area contributed by atoms with E-state index in [9.17, 15) is 4.79 Å². The van der Waals surface area contributed by atoms with Crippen molar-refractivity contribution in [2.75, 3.05) is 37.7 Å². The molecular formula is C13H22N4O2S. The summed E-state index contributed by atoms with van der Waals surface area (Å²) in [6.07, 6.45) is 0.871. The smallest absolute Gasteiger partial charge is 0.323 e. The second-order valence-corrected chi connectivity index (χ2v) is 5.53. The molecule has 0 amide bonds. The third-order valence-corrected chi connectivity index (χ3v) is 4.35. The van der Waals surface area contributed by atoms with Gasteiger partial charge in [-0.05, 0) is 13.8 Å². The summed E-state index contributed by atoms with van der Waals surface area (Å²) < 4.78 is 9.39. The van der Waals surface area contributed by atoms with Crippen molar-refractivity contribution in [1.82, 2.24) is 14.3 Å². The molecule has 1 fully saturated rings. The van der Waals surface area contributed by atoms with Crippen LogP contribution >= 0.6 is 11.5 Å². The molecule has 20 heavy (non-hydrogen) atoms. The minimum atomic E-state index is -0.169. The molecule has 0 spiro atoms. The minimum absolute atomic E-state index is 0.134. The SMILES string of the molecule is CCOC(=O)C(C)N1CCN(c2nc(CC)ns2)CC1. The topological polar surface area (TPSA) is 58.6 Å². The zero-order valence-electron chi connectivity index (χ0n) is 12.3. The minimum Gasteiger partial charge on any atom is -0.465 e. The fraction of sp³-hybridized carbons (Fsp3) is 0.769. The fourth-order valence-electron chi connectivity index (χ4n) is 2.23. The number of carbonyl (C=O) groups excluding carboxylic acids is 1. The molecule has 1 atom stereocenters. The third kappa shape index (κ3) is 3.46. The normalized spacial score (nSPS) is 18.1. The molecule has 0 aliphatic carbocycles. The van der Waals surface area contributed by atoms with Crippen LogP contribution in [0.25, 0.3) is 0 Å². The predicted molar refractivity (Wildman–Crippen MR) is 79.2 cm³/mol. The molecule has 0 bridgehead atoms. The molecule has 2 rings (SSSR count). The first kappa shape index (κ1) is 15.2. The van der Waals surface area contributed by atoms with Gasteiger partial charge >= 0.3 is 5.97 Å². The van der Waals surface area contributed by atoms with Crippen molar-refractivity contribution in [3.05, 3.63) is 5.82 Å². The monoisotopic (exact) mass is 298 g/mol. The molecule has 0 radical (unpaired) electrons. The highest BCUT2D eigenvalue weighted by Gasteiger charge is 2.27. The van der Waals surface area contributed by atoms with E-state index in [-0.39, 0.29) is 12.0 Å². The Morgan fingerprint density at radius 1 is 1.35 bits per heavy atom. The molecule has 1 aromatic rings. The molecule has 0 N–H and O–H groups in total. The lowest BCUT2D eigenvalue weighted by Gasteiger charge is -2.36. The average molecular weight is 298 g/mol. The van der Waals surface area contributed by atoms with Crippen LogP contribution in [-0.4, -0.2) is 59.1 Å². The van der Waals surface area contributed by atoms with Crippen molar-refractivity contribution < 1.29 is 9.53 Å². The zero-order valence-corrected chi connectivity index (χ0v) is 13.2. The molecule has 2 heterocycles. The van der Waals surface area contributed by atoms with E-state index in [4.69, 9.17) is 4.74 Å². The Labute approximate surface area is 123 Å². The van der Waals surface area contributed by atoms with Crippen LogP contribution in [-0.2, 0) is 16.0 Å². The van der Waals surface area contributed by atoms with Gasteiger partial charge in [0.2, 0.25) is 5.13 Å². The quantitative estimate of drug-likeness (QED) is 0.761. The van der Waals surface area contributed by atoms with Gasteiger partial charge in [0.25, 0.3) is 0 Å². The number of hydrogen-bond donors (Lipinski definition) is 0. The summed E-state index contributed by atoms with van der Waals surface area (Å²) in [5.41, 5.74) is 0. The summed E-state index contributed by atoms with van der Waals surface area (Å²) in [5, 5.41) is 0.991. The maximum absolute atomic E-state index is 11.7. The first-order valence-corrected chi connectivity index (χ1v) is 7.91. The molecule has 1 aliphatic heterocycles. The van der Waals surface area contributed by atoms with E-state index in [1.54, 1.807) is 0 Å². The summed E-state index contributed by atoms with van der Waals surface area (Å²) >= 11 is 1.46. The van der Waals surface area contributed by atoms with Crippen molar-refractivity contribution in [3.63, 3.8) is 0 Å². The Bertz CT molecular complexity index is 443. The maximum Gasteiger partial charge on any atom is 0.323 e. The number of hydrogen-bond acceptors (Lipinski definition) is 7. The molecule has 1 aromatic heterocycles. The third-order valence-electron chi connectivity index (χ3n) is 3.53. The van der Waals surface area contributed by atoms with Crippen LogP contribution in [0.4, 0.5) is 5.13 Å². The van der Waals surface area contributed by atoms with Gasteiger partial charge in [0.15, 0.2) is 0 Å². The van der Waals surface area contributed by atoms with Gasteiger partial charge in [-0.25, -0.2) is 4.98 Å². The van der Waals surface area contributed by atoms with Crippen LogP contribution in [0, 0.1) is 0 Å². The van der Waals surface area contributed by atoms with Crippen molar-refractivity contribution in [2.24, 2.45) is 0 Å². The van der Waals surface area contributed by atoms with Crippen LogP contribution in [0.1, 0.15) is 26.6 Å². The van der Waals surface area contributed by atoms with Gasteiger partial charge in [-0.15, -0.1) is 0 Å². The molecule has 0 saturated carbocycles. The van der Waals surface area contributed by atoms with Crippen molar-refractivity contribution >= 4 is 22.6 Å². The van der Waals surface area contributed by atoms with Crippen molar-refractivity contribution in [1.29, 1.82) is 0 Å². The van der Waals surface area contributed by atoms with Gasteiger partial charge in [-0.3, -0.25) is 9.69 Å². The van der Waals surface area contributed by atoms with Crippen molar-refractivity contribution in [2.45, 2.75) is 33.2 Å². The fourth-order valence-corrected chi connectivity index (χ4v) is 3.03. The van der Waals surface area contributed by atoms with E-state index >= 15 is 0 Å². The first-order chi connectivity index (χ1) is 9.65. The maximum atomic E-state index is 11.7. The van der Waals surface area contributed by atoms with Crippen LogP contribution in [0.2, 0.25) is 0 Å². The lowest BCUT2D eigenvalue weighted by Crippen LogP contribution is -2.52. The second kappa shape index (κ2) is 6.99. The highest BCUT2D eigenvalue weighted by molar-refractivity contribution is 7.09. The van der Waals surface area contributed by atoms with Crippen molar-refractivity contribution in [3.8, 4) is 0 Å². The highest BCUT2D eigenvalue weighted by atomic mass is 32.1. The summed E-state index contributed by atoms with van der Waals surface area (Å²) in [5.74, 6) is 0.775. The summed E-state index contributed by atoms with van der Waals surface area (Å²) in [4.78, 5) is 20.7. The van der Waals surface area contributed by atoms with Gasteiger partial charge < -0.3 is 9.64 Å².